The molecule has 1 unspecified atom stereocenters. The minimum Gasteiger partial charge on any atom is -0.243 e. The second kappa shape index (κ2) is 3.21. The normalized spacial score (nSPS) is 18.6. The Balaban J connectivity index is 3.89. The molecule has 0 heterocycles. The Hall–Kier alpha value is 0.410. The number of rotatable bonds is 2. The van der Waals surface area contributed by atoms with Gasteiger partial charge in [0, 0.05) is 5.33 Å². The second-order valence-corrected chi connectivity index (χ2v) is 4.85. The van der Waals surface area contributed by atoms with Crippen molar-refractivity contribution in [1.82, 2.24) is 0 Å². The molecule has 0 aromatic carbocycles. The predicted octanol–water partition coefficient (Wildman–Crippen LogP) is 3.55. The Morgan fingerprint density at radius 1 is 1.20 bits per heavy atom. The molecule has 0 amide bonds. The van der Waals surface area contributed by atoms with Gasteiger partial charge in [0.25, 0.3) is 0 Å². The van der Waals surface area contributed by atoms with Gasteiger partial charge in [0.2, 0.25) is 0 Å². The largest absolute Gasteiger partial charge is 0.243 e. The highest BCUT2D eigenvalue weighted by molar-refractivity contribution is 9.09. The van der Waals surface area contributed by atoms with Crippen LogP contribution in [0.3, 0.4) is 0 Å². The molecule has 1 atom stereocenters. The fraction of sp³-hybridized carbons (Fsp3) is 1.00. The fourth-order valence-corrected chi connectivity index (χ4v) is 1.35. The van der Waals surface area contributed by atoms with Gasteiger partial charge in [-0.3, -0.25) is 0 Å². The average molecular weight is 211 g/mol. The van der Waals surface area contributed by atoms with Crippen molar-refractivity contribution >= 4 is 15.9 Å². The zero-order valence-electron chi connectivity index (χ0n) is 7.17. The first-order valence-electron chi connectivity index (χ1n) is 3.52. The third-order valence-corrected chi connectivity index (χ3v) is 2.35. The van der Waals surface area contributed by atoms with Crippen LogP contribution in [0.4, 0.5) is 4.39 Å². The molecule has 0 saturated carbocycles. The standard InChI is InChI=1S/C8H16BrF/c1-7(2,3)5-8(4,10)6-9/h5-6H2,1-4H3. The lowest BCUT2D eigenvalue weighted by atomic mass is 9.85. The molecule has 0 N–H and O–H groups in total. The summed E-state index contributed by atoms with van der Waals surface area (Å²) in [6.45, 7) is 7.78. The maximum Gasteiger partial charge on any atom is 0.118 e. The quantitative estimate of drug-likeness (QED) is 0.612. The van der Waals surface area contributed by atoms with Gasteiger partial charge in [-0.2, -0.15) is 0 Å². The lowest BCUT2D eigenvalue weighted by Gasteiger charge is -2.27. The lowest BCUT2D eigenvalue weighted by Crippen LogP contribution is -2.26. The smallest absolute Gasteiger partial charge is 0.118 e. The van der Waals surface area contributed by atoms with E-state index in [4.69, 9.17) is 0 Å². The van der Waals surface area contributed by atoms with Gasteiger partial charge in [-0.25, -0.2) is 4.39 Å². The minimum atomic E-state index is -1.06. The van der Waals surface area contributed by atoms with Gasteiger partial charge < -0.3 is 0 Å². The van der Waals surface area contributed by atoms with Gasteiger partial charge in [0.1, 0.15) is 5.67 Å². The van der Waals surface area contributed by atoms with Crippen LogP contribution in [0.25, 0.3) is 0 Å². The van der Waals surface area contributed by atoms with Crippen molar-refractivity contribution in [3.05, 3.63) is 0 Å². The summed E-state index contributed by atoms with van der Waals surface area (Å²) in [7, 11) is 0. The molecule has 0 radical (unpaired) electrons. The van der Waals surface area contributed by atoms with E-state index in [1.165, 1.54) is 0 Å². The summed E-state index contributed by atoms with van der Waals surface area (Å²) in [6, 6.07) is 0. The zero-order chi connectivity index (χ0) is 8.41. The molecule has 0 aliphatic carbocycles. The average Bonchev–Trinajstić information content (AvgIpc) is 1.60. The Kier molecular flexibility index (Phi) is 3.34. The summed E-state index contributed by atoms with van der Waals surface area (Å²) in [5.41, 5.74) is -0.977. The molecule has 0 nitrogen and oxygen atoms in total. The van der Waals surface area contributed by atoms with E-state index in [2.05, 4.69) is 15.9 Å². The highest BCUT2D eigenvalue weighted by Gasteiger charge is 2.28. The summed E-state index contributed by atoms with van der Waals surface area (Å²) in [6.07, 6.45) is 0.602. The number of hydrogen-bond acceptors (Lipinski definition) is 0. The first-order valence-corrected chi connectivity index (χ1v) is 4.64. The van der Waals surface area contributed by atoms with E-state index in [-0.39, 0.29) is 5.41 Å². The summed E-state index contributed by atoms with van der Waals surface area (Å²) in [5, 5.41) is 0.428. The molecule has 2 heteroatoms. The highest BCUT2D eigenvalue weighted by Crippen LogP contribution is 2.30. The molecule has 0 aliphatic rings. The Morgan fingerprint density at radius 3 is 1.70 bits per heavy atom. The predicted molar refractivity (Wildman–Crippen MR) is 47.4 cm³/mol. The summed E-state index contributed by atoms with van der Waals surface area (Å²) in [4.78, 5) is 0. The molecule has 0 spiro atoms. The molecule has 0 saturated heterocycles. The third kappa shape index (κ3) is 5.21. The van der Waals surface area contributed by atoms with E-state index in [0.29, 0.717) is 11.8 Å². The SMILES string of the molecule is CC(C)(C)CC(C)(F)CBr. The molecule has 0 rings (SSSR count). The van der Waals surface area contributed by atoms with Crippen molar-refractivity contribution < 1.29 is 4.39 Å². The maximum atomic E-state index is 13.3. The van der Waals surface area contributed by atoms with Gasteiger partial charge in [0.05, 0.1) is 0 Å². The Labute approximate surface area is 71.3 Å². The summed E-state index contributed by atoms with van der Waals surface area (Å²) < 4.78 is 13.3. The summed E-state index contributed by atoms with van der Waals surface area (Å²) in [5.74, 6) is 0. The Bertz CT molecular complexity index is 102. The molecule has 0 aliphatic heterocycles. The second-order valence-electron chi connectivity index (χ2n) is 4.28. The van der Waals surface area contributed by atoms with Gasteiger partial charge in [0.15, 0.2) is 0 Å². The van der Waals surface area contributed by atoms with Gasteiger partial charge in [-0.15, -0.1) is 0 Å². The van der Waals surface area contributed by atoms with Crippen LogP contribution in [0, 0.1) is 5.41 Å². The van der Waals surface area contributed by atoms with Crippen LogP contribution in [-0.2, 0) is 0 Å². The molecule has 0 aromatic heterocycles. The molecule has 0 bridgehead atoms. The van der Waals surface area contributed by atoms with E-state index in [1.807, 2.05) is 20.8 Å². The Morgan fingerprint density at radius 2 is 1.60 bits per heavy atom. The van der Waals surface area contributed by atoms with E-state index in [9.17, 15) is 4.39 Å². The van der Waals surface area contributed by atoms with Crippen LogP contribution in [0.5, 0.6) is 0 Å². The van der Waals surface area contributed by atoms with E-state index < -0.39 is 5.67 Å². The van der Waals surface area contributed by atoms with Gasteiger partial charge >= 0.3 is 0 Å². The maximum absolute atomic E-state index is 13.3. The molecule has 0 fully saturated rings. The third-order valence-electron chi connectivity index (χ3n) is 1.18. The van der Waals surface area contributed by atoms with Crippen LogP contribution in [0.15, 0.2) is 0 Å². The van der Waals surface area contributed by atoms with Crippen LogP contribution in [-0.4, -0.2) is 11.0 Å². The number of alkyl halides is 2. The monoisotopic (exact) mass is 210 g/mol. The van der Waals surface area contributed by atoms with Crippen molar-refractivity contribution in [2.45, 2.75) is 39.8 Å². The first kappa shape index (κ1) is 10.4. The first-order chi connectivity index (χ1) is 4.27. The molecular weight excluding hydrogens is 195 g/mol. The summed E-state index contributed by atoms with van der Waals surface area (Å²) >= 11 is 3.15. The topological polar surface area (TPSA) is 0 Å². The molecule has 62 valence electrons. The van der Waals surface area contributed by atoms with E-state index in [1.54, 1.807) is 6.92 Å². The van der Waals surface area contributed by atoms with Crippen molar-refractivity contribution in [3.63, 3.8) is 0 Å². The number of halogens is 2. The zero-order valence-corrected chi connectivity index (χ0v) is 8.76. The van der Waals surface area contributed by atoms with Crippen molar-refractivity contribution in [2.75, 3.05) is 5.33 Å². The van der Waals surface area contributed by atoms with Crippen molar-refractivity contribution in [2.24, 2.45) is 5.41 Å². The molecule has 10 heavy (non-hydrogen) atoms. The lowest BCUT2D eigenvalue weighted by molar-refractivity contribution is 0.145. The van der Waals surface area contributed by atoms with Crippen LogP contribution in [0.2, 0.25) is 0 Å². The van der Waals surface area contributed by atoms with Gasteiger partial charge in [-0.1, -0.05) is 36.7 Å². The van der Waals surface area contributed by atoms with E-state index >= 15 is 0 Å². The van der Waals surface area contributed by atoms with Crippen molar-refractivity contribution in [3.8, 4) is 0 Å². The minimum absolute atomic E-state index is 0.0806. The van der Waals surface area contributed by atoms with E-state index in [0.717, 1.165) is 0 Å². The van der Waals surface area contributed by atoms with Crippen LogP contribution < -0.4 is 0 Å². The highest BCUT2D eigenvalue weighted by atomic mass is 79.9. The van der Waals surface area contributed by atoms with Crippen LogP contribution >= 0.6 is 15.9 Å². The molecular formula is C8H16BrF. The fourth-order valence-electron chi connectivity index (χ4n) is 1.15. The van der Waals surface area contributed by atoms with Crippen LogP contribution in [0.1, 0.15) is 34.1 Å². The number of hydrogen-bond donors (Lipinski definition) is 0. The molecule has 0 aromatic rings. The van der Waals surface area contributed by atoms with Gasteiger partial charge in [-0.05, 0) is 18.8 Å². The van der Waals surface area contributed by atoms with Crippen molar-refractivity contribution in [1.29, 1.82) is 0 Å².